The molecule has 2 rings (SSSR count). The number of nitrogens with zero attached hydrogens (tertiary/aromatic N) is 4. The maximum absolute atomic E-state index is 4.52. The number of aryl methyl sites for hydroxylation is 4. The molecule has 0 spiro atoms. The van der Waals surface area contributed by atoms with Crippen LogP contribution in [-0.4, -0.2) is 19.7 Å². The zero-order valence-electron chi connectivity index (χ0n) is 13.9. The molecule has 1 atom stereocenters. The second kappa shape index (κ2) is 6.24. The predicted octanol–water partition coefficient (Wildman–Crippen LogP) is 3.26. The molecule has 5 nitrogen and oxygen atoms in total. The van der Waals surface area contributed by atoms with Gasteiger partial charge in [0.15, 0.2) is 0 Å². The van der Waals surface area contributed by atoms with E-state index < -0.39 is 0 Å². The van der Waals surface area contributed by atoms with E-state index in [2.05, 4.69) is 48.1 Å². The molecule has 0 aliphatic rings. The summed E-state index contributed by atoms with van der Waals surface area (Å²) in [6.07, 6.45) is 1.90. The molecule has 0 fully saturated rings. The number of aromatic nitrogens is 4. The lowest BCUT2D eigenvalue weighted by Crippen LogP contribution is -2.14. The van der Waals surface area contributed by atoms with E-state index in [1.165, 1.54) is 11.3 Å². The molecule has 0 aliphatic heterocycles. The Bertz CT molecular complexity index is 630. The summed E-state index contributed by atoms with van der Waals surface area (Å²) in [7, 11) is 1.99. The Morgan fingerprint density at radius 2 is 1.90 bits per heavy atom. The summed E-state index contributed by atoms with van der Waals surface area (Å²) in [6.45, 7) is 10.4. The van der Waals surface area contributed by atoms with Crippen molar-refractivity contribution in [3.63, 3.8) is 0 Å². The van der Waals surface area contributed by atoms with E-state index in [1.807, 2.05) is 24.7 Å². The first kappa shape index (κ1) is 15.5. The van der Waals surface area contributed by atoms with Crippen LogP contribution in [-0.2, 0) is 13.5 Å². The summed E-state index contributed by atoms with van der Waals surface area (Å²) < 4.78 is 1.94. The van der Waals surface area contributed by atoms with Gasteiger partial charge in [-0.15, -0.1) is 0 Å². The van der Waals surface area contributed by atoms with Gasteiger partial charge >= 0.3 is 0 Å². The molecule has 0 aliphatic carbocycles. The summed E-state index contributed by atoms with van der Waals surface area (Å²) in [4.78, 5) is 8.94. The van der Waals surface area contributed by atoms with E-state index in [4.69, 9.17) is 0 Å². The predicted molar refractivity (Wildman–Crippen MR) is 85.5 cm³/mol. The molecule has 114 valence electrons. The van der Waals surface area contributed by atoms with Gasteiger partial charge in [0, 0.05) is 30.1 Å². The summed E-state index contributed by atoms with van der Waals surface area (Å²) in [5.74, 6) is 1.71. The average molecular weight is 287 g/mol. The molecule has 21 heavy (non-hydrogen) atoms. The first-order chi connectivity index (χ1) is 9.96. The summed E-state index contributed by atoms with van der Waals surface area (Å²) >= 11 is 0. The molecule has 1 N–H and O–H groups in total. The first-order valence-electron chi connectivity index (χ1n) is 7.57. The van der Waals surface area contributed by atoms with Crippen molar-refractivity contribution in [2.24, 2.45) is 7.05 Å². The minimum atomic E-state index is 0.220. The monoisotopic (exact) mass is 287 g/mol. The average Bonchev–Trinajstić information content (AvgIpc) is 2.69. The molecule has 0 bridgehead atoms. The lowest BCUT2D eigenvalue weighted by Gasteiger charge is -2.19. The second-order valence-corrected chi connectivity index (χ2v) is 5.46. The van der Waals surface area contributed by atoms with Gasteiger partial charge in [0.05, 0.1) is 11.7 Å². The molecule has 2 heterocycles. The third kappa shape index (κ3) is 3.23. The molecule has 2 aromatic rings. The number of nitrogens with one attached hydrogen (secondary N) is 1. The fourth-order valence-electron chi connectivity index (χ4n) is 2.74. The van der Waals surface area contributed by atoms with Crippen molar-refractivity contribution in [1.29, 1.82) is 0 Å². The van der Waals surface area contributed by atoms with E-state index >= 15 is 0 Å². The number of hydrogen-bond donors (Lipinski definition) is 1. The van der Waals surface area contributed by atoms with Crippen LogP contribution in [0.1, 0.15) is 54.8 Å². The molecule has 0 saturated carbocycles. The fourth-order valence-corrected chi connectivity index (χ4v) is 2.74. The Labute approximate surface area is 126 Å². The second-order valence-electron chi connectivity index (χ2n) is 5.46. The van der Waals surface area contributed by atoms with Crippen LogP contribution in [0.25, 0.3) is 0 Å². The van der Waals surface area contributed by atoms with Crippen LogP contribution in [0.15, 0.2) is 6.07 Å². The highest BCUT2D eigenvalue weighted by atomic mass is 15.3. The lowest BCUT2D eigenvalue weighted by molar-refractivity contribution is 0.713. The molecular formula is C16H25N5. The summed E-state index contributed by atoms with van der Waals surface area (Å²) in [5.41, 5.74) is 4.62. The van der Waals surface area contributed by atoms with Crippen LogP contribution in [0.2, 0.25) is 0 Å². The molecular weight excluding hydrogens is 262 g/mol. The van der Waals surface area contributed by atoms with Gasteiger partial charge in [0.1, 0.15) is 11.6 Å². The van der Waals surface area contributed by atoms with E-state index in [-0.39, 0.29) is 6.04 Å². The van der Waals surface area contributed by atoms with Crippen molar-refractivity contribution in [2.45, 2.75) is 53.5 Å². The molecule has 2 aromatic heterocycles. The Balaban J connectivity index is 2.33. The van der Waals surface area contributed by atoms with E-state index in [0.717, 1.165) is 35.9 Å². The highest BCUT2D eigenvalue weighted by molar-refractivity contribution is 5.42. The van der Waals surface area contributed by atoms with Gasteiger partial charge in [-0.25, -0.2) is 9.97 Å². The van der Waals surface area contributed by atoms with Crippen LogP contribution in [0.4, 0.5) is 5.82 Å². The molecule has 1 unspecified atom stereocenters. The quantitative estimate of drug-likeness (QED) is 0.917. The third-order valence-corrected chi connectivity index (χ3v) is 3.90. The van der Waals surface area contributed by atoms with Crippen LogP contribution >= 0.6 is 0 Å². The Morgan fingerprint density at radius 1 is 1.19 bits per heavy atom. The van der Waals surface area contributed by atoms with Crippen LogP contribution in [0, 0.1) is 20.8 Å². The standard InChI is InChI=1S/C16H25N5/c1-7-13-9-15(18-12(5)17-13)19-14(8-2)16-10(3)20-21(6)11(16)4/h9,14H,7-8H2,1-6H3,(H,17,18,19). The molecule has 0 saturated heterocycles. The smallest absolute Gasteiger partial charge is 0.130 e. The van der Waals surface area contributed by atoms with Crippen LogP contribution in [0.5, 0.6) is 0 Å². The Kier molecular flexibility index (Phi) is 4.60. The van der Waals surface area contributed by atoms with Gasteiger partial charge in [-0.2, -0.15) is 5.10 Å². The normalized spacial score (nSPS) is 12.5. The minimum absolute atomic E-state index is 0.220. The van der Waals surface area contributed by atoms with Crippen molar-refractivity contribution in [1.82, 2.24) is 19.7 Å². The van der Waals surface area contributed by atoms with E-state index in [0.29, 0.717) is 0 Å². The number of rotatable bonds is 5. The van der Waals surface area contributed by atoms with Crippen LogP contribution in [0.3, 0.4) is 0 Å². The van der Waals surface area contributed by atoms with Gasteiger partial charge in [-0.1, -0.05) is 13.8 Å². The van der Waals surface area contributed by atoms with Gasteiger partial charge in [0.25, 0.3) is 0 Å². The van der Waals surface area contributed by atoms with Crippen LogP contribution < -0.4 is 5.32 Å². The van der Waals surface area contributed by atoms with E-state index in [1.54, 1.807) is 0 Å². The van der Waals surface area contributed by atoms with Gasteiger partial charge in [-0.3, -0.25) is 4.68 Å². The Hall–Kier alpha value is -1.91. The highest BCUT2D eigenvalue weighted by Gasteiger charge is 2.19. The first-order valence-corrected chi connectivity index (χ1v) is 7.57. The SMILES string of the molecule is CCc1cc(NC(CC)c2c(C)nn(C)c2C)nc(C)n1. The van der Waals surface area contributed by atoms with Crippen molar-refractivity contribution in [3.05, 3.63) is 34.5 Å². The molecule has 0 aromatic carbocycles. The van der Waals surface area contributed by atoms with Crippen molar-refractivity contribution < 1.29 is 0 Å². The zero-order valence-corrected chi connectivity index (χ0v) is 13.9. The third-order valence-electron chi connectivity index (χ3n) is 3.90. The Morgan fingerprint density at radius 3 is 2.43 bits per heavy atom. The molecule has 0 radical (unpaired) electrons. The highest BCUT2D eigenvalue weighted by Crippen LogP contribution is 2.27. The summed E-state index contributed by atoms with van der Waals surface area (Å²) in [5, 5.41) is 8.07. The van der Waals surface area contributed by atoms with Gasteiger partial charge in [-0.05, 0) is 33.6 Å². The fraction of sp³-hybridized carbons (Fsp3) is 0.562. The largest absolute Gasteiger partial charge is 0.363 e. The topological polar surface area (TPSA) is 55.6 Å². The molecule has 5 heteroatoms. The number of anilines is 1. The van der Waals surface area contributed by atoms with E-state index in [9.17, 15) is 0 Å². The maximum atomic E-state index is 4.52. The summed E-state index contributed by atoms with van der Waals surface area (Å²) in [6, 6.07) is 2.26. The van der Waals surface area contributed by atoms with Crippen molar-refractivity contribution in [2.75, 3.05) is 5.32 Å². The number of hydrogen-bond acceptors (Lipinski definition) is 4. The zero-order chi connectivity index (χ0) is 15.6. The minimum Gasteiger partial charge on any atom is -0.363 e. The van der Waals surface area contributed by atoms with Gasteiger partial charge in [0.2, 0.25) is 0 Å². The van der Waals surface area contributed by atoms with Gasteiger partial charge < -0.3 is 5.32 Å². The molecule has 0 amide bonds. The van der Waals surface area contributed by atoms with Crippen molar-refractivity contribution in [3.8, 4) is 0 Å². The lowest BCUT2D eigenvalue weighted by atomic mass is 10.0. The maximum Gasteiger partial charge on any atom is 0.130 e. The van der Waals surface area contributed by atoms with Crippen molar-refractivity contribution >= 4 is 5.82 Å².